The summed E-state index contributed by atoms with van der Waals surface area (Å²) in [6.07, 6.45) is -9.71. The number of hydrogen-bond donors (Lipinski definition) is 1. The molecule has 0 amide bonds. The van der Waals surface area contributed by atoms with Gasteiger partial charge in [-0.05, 0) is 25.1 Å². The summed E-state index contributed by atoms with van der Waals surface area (Å²) in [5, 5.41) is 2.26. The first-order valence-corrected chi connectivity index (χ1v) is 4.98. The number of halogens is 6. The molecule has 1 aromatic rings. The molecule has 1 aromatic carbocycles. The quantitative estimate of drug-likeness (QED) is 0.603. The van der Waals surface area contributed by atoms with Crippen LogP contribution in [0, 0.1) is 0 Å². The van der Waals surface area contributed by atoms with Gasteiger partial charge in [-0.1, -0.05) is 12.2 Å². The van der Waals surface area contributed by atoms with Gasteiger partial charge in [-0.25, -0.2) is 0 Å². The monoisotopic (exact) mass is 287 g/mol. The molecule has 0 aliphatic heterocycles. The maximum atomic E-state index is 12.4. The molecule has 0 spiro atoms. The summed E-state index contributed by atoms with van der Waals surface area (Å²) in [7, 11) is 0. The third kappa shape index (κ3) is 3.86. The molecule has 100 valence electrons. The Hall–Kier alpha value is -1.31. The first-order chi connectivity index (χ1) is 8.00. The van der Waals surface area contributed by atoms with Crippen LogP contribution < -0.4 is 5.32 Å². The average molecular weight is 287 g/mol. The lowest BCUT2D eigenvalue weighted by Gasteiger charge is -2.14. The van der Waals surface area contributed by atoms with Crippen molar-refractivity contribution in [3.8, 4) is 0 Å². The third-order valence-electron chi connectivity index (χ3n) is 1.91. The molecular weight excluding hydrogens is 280 g/mol. The highest BCUT2D eigenvalue weighted by atomic mass is 32.1. The first kappa shape index (κ1) is 14.7. The highest BCUT2D eigenvalue weighted by Gasteiger charge is 2.36. The van der Waals surface area contributed by atoms with Gasteiger partial charge in [0.15, 0.2) is 0 Å². The van der Waals surface area contributed by atoms with Crippen LogP contribution in [0.4, 0.5) is 32.0 Å². The second kappa shape index (κ2) is 4.75. The van der Waals surface area contributed by atoms with Crippen LogP contribution in [0.2, 0.25) is 0 Å². The molecule has 0 heterocycles. The minimum Gasteiger partial charge on any atom is -0.350 e. The van der Waals surface area contributed by atoms with Crippen molar-refractivity contribution >= 4 is 22.9 Å². The Bertz CT molecular complexity index is 430. The maximum Gasteiger partial charge on any atom is 0.416 e. The van der Waals surface area contributed by atoms with E-state index in [1.54, 1.807) is 0 Å². The van der Waals surface area contributed by atoms with Gasteiger partial charge in [-0.2, -0.15) is 26.3 Å². The van der Waals surface area contributed by atoms with Gasteiger partial charge in [0.2, 0.25) is 0 Å². The zero-order chi connectivity index (χ0) is 14.1. The molecule has 0 saturated carbocycles. The van der Waals surface area contributed by atoms with Gasteiger partial charge in [0.05, 0.1) is 16.1 Å². The lowest BCUT2D eigenvalue weighted by molar-refractivity contribution is -0.143. The Balaban J connectivity index is 3.34. The number of anilines is 1. The summed E-state index contributed by atoms with van der Waals surface area (Å²) in [6.45, 7) is 1.35. The van der Waals surface area contributed by atoms with Crippen LogP contribution in [0.3, 0.4) is 0 Å². The molecule has 0 fully saturated rings. The highest BCUT2D eigenvalue weighted by molar-refractivity contribution is 7.80. The Morgan fingerprint density at radius 1 is 0.944 bits per heavy atom. The van der Waals surface area contributed by atoms with Gasteiger partial charge >= 0.3 is 12.4 Å². The Labute approximate surface area is 104 Å². The van der Waals surface area contributed by atoms with Gasteiger partial charge in [-0.15, -0.1) is 0 Å². The third-order valence-corrected chi connectivity index (χ3v) is 2.01. The van der Waals surface area contributed by atoms with E-state index in [1.165, 1.54) is 6.92 Å². The number of benzene rings is 1. The van der Waals surface area contributed by atoms with Crippen molar-refractivity contribution in [3.63, 3.8) is 0 Å². The summed E-state index contributed by atoms with van der Waals surface area (Å²) >= 11 is 4.58. The fourth-order valence-corrected chi connectivity index (χ4v) is 1.35. The maximum absolute atomic E-state index is 12.4. The molecule has 1 nitrogen and oxygen atoms in total. The molecule has 1 N–H and O–H groups in total. The van der Waals surface area contributed by atoms with Gasteiger partial charge in [0, 0.05) is 5.69 Å². The lowest BCUT2D eigenvalue weighted by atomic mass is 10.1. The molecule has 1 rings (SSSR count). The topological polar surface area (TPSA) is 12.0 Å². The fourth-order valence-electron chi connectivity index (χ4n) is 1.23. The van der Waals surface area contributed by atoms with E-state index in [-0.39, 0.29) is 16.7 Å². The summed E-state index contributed by atoms with van der Waals surface area (Å²) in [5.74, 6) is 0. The van der Waals surface area contributed by atoms with Crippen LogP contribution >= 0.6 is 12.2 Å². The lowest BCUT2D eigenvalue weighted by Crippen LogP contribution is -2.13. The number of hydrogen-bond acceptors (Lipinski definition) is 1. The summed E-state index contributed by atoms with van der Waals surface area (Å²) < 4.78 is 74.7. The molecule has 18 heavy (non-hydrogen) atoms. The van der Waals surface area contributed by atoms with Crippen molar-refractivity contribution in [2.24, 2.45) is 0 Å². The van der Waals surface area contributed by atoms with Crippen molar-refractivity contribution < 1.29 is 26.3 Å². The predicted octanol–water partition coefficient (Wildman–Crippen LogP) is 4.48. The van der Waals surface area contributed by atoms with Gasteiger partial charge < -0.3 is 5.32 Å². The van der Waals surface area contributed by atoms with E-state index in [0.717, 1.165) is 0 Å². The van der Waals surface area contributed by atoms with Crippen LogP contribution in [-0.2, 0) is 12.4 Å². The van der Waals surface area contributed by atoms with Crippen LogP contribution in [0.25, 0.3) is 0 Å². The van der Waals surface area contributed by atoms with E-state index in [0.29, 0.717) is 12.1 Å². The minimum atomic E-state index is -4.85. The standard InChI is InChI=1S/C10H7F6NS/c1-5(18)17-8-3-6(9(11,12)13)2-7(4-8)10(14,15)16/h2-4H,1H3,(H,17,18). The molecule has 8 heteroatoms. The largest absolute Gasteiger partial charge is 0.416 e. The number of thiocarbonyl (C=S) groups is 1. The van der Waals surface area contributed by atoms with Crippen molar-refractivity contribution in [2.45, 2.75) is 19.3 Å². The van der Waals surface area contributed by atoms with Gasteiger partial charge in [0.25, 0.3) is 0 Å². The zero-order valence-electron chi connectivity index (χ0n) is 8.91. The van der Waals surface area contributed by atoms with Crippen LogP contribution in [0.15, 0.2) is 18.2 Å². The number of rotatable bonds is 1. The van der Waals surface area contributed by atoms with E-state index in [2.05, 4.69) is 17.5 Å². The van der Waals surface area contributed by atoms with Crippen LogP contribution in [0.5, 0.6) is 0 Å². The molecular formula is C10H7F6NS. The summed E-state index contributed by atoms with van der Waals surface area (Å²) in [6, 6.07) is 1.21. The van der Waals surface area contributed by atoms with Crippen molar-refractivity contribution in [3.05, 3.63) is 29.3 Å². The minimum absolute atomic E-state index is 0.0594. The Morgan fingerprint density at radius 3 is 1.61 bits per heavy atom. The van der Waals surface area contributed by atoms with E-state index in [4.69, 9.17) is 0 Å². The summed E-state index contributed by atoms with van der Waals surface area (Å²) in [4.78, 5) is 0.0717. The molecule has 0 radical (unpaired) electrons. The highest BCUT2D eigenvalue weighted by Crippen LogP contribution is 2.37. The van der Waals surface area contributed by atoms with E-state index in [9.17, 15) is 26.3 Å². The van der Waals surface area contributed by atoms with Crippen molar-refractivity contribution in [1.82, 2.24) is 0 Å². The van der Waals surface area contributed by atoms with Crippen LogP contribution in [0.1, 0.15) is 18.1 Å². The van der Waals surface area contributed by atoms with Gasteiger partial charge in [0.1, 0.15) is 0 Å². The smallest absolute Gasteiger partial charge is 0.350 e. The normalized spacial score (nSPS) is 12.4. The van der Waals surface area contributed by atoms with E-state index >= 15 is 0 Å². The zero-order valence-corrected chi connectivity index (χ0v) is 9.72. The van der Waals surface area contributed by atoms with E-state index in [1.807, 2.05) is 0 Å². The molecule has 0 saturated heterocycles. The average Bonchev–Trinajstić information content (AvgIpc) is 2.13. The second-order valence-electron chi connectivity index (χ2n) is 3.48. The molecule has 0 aromatic heterocycles. The van der Waals surface area contributed by atoms with E-state index < -0.39 is 23.5 Å². The Kier molecular flexibility index (Phi) is 3.89. The first-order valence-electron chi connectivity index (χ1n) is 4.57. The molecule has 0 unspecified atom stereocenters. The predicted molar refractivity (Wildman–Crippen MR) is 58.3 cm³/mol. The van der Waals surface area contributed by atoms with Crippen molar-refractivity contribution in [1.29, 1.82) is 0 Å². The van der Waals surface area contributed by atoms with Crippen LogP contribution in [-0.4, -0.2) is 4.99 Å². The van der Waals surface area contributed by atoms with Gasteiger partial charge in [-0.3, -0.25) is 0 Å². The SMILES string of the molecule is CC(=S)Nc1cc(C(F)(F)F)cc(C(F)(F)F)c1. The second-order valence-corrected chi connectivity index (χ2v) is 4.09. The molecule has 0 aliphatic rings. The molecule has 0 aliphatic carbocycles. The molecule has 0 bridgehead atoms. The molecule has 0 atom stereocenters. The number of alkyl halides is 6. The fraction of sp³-hybridized carbons (Fsp3) is 0.300. The number of nitrogens with one attached hydrogen (secondary N) is 1. The van der Waals surface area contributed by atoms with Crippen molar-refractivity contribution in [2.75, 3.05) is 5.32 Å². The Morgan fingerprint density at radius 2 is 1.33 bits per heavy atom. The summed E-state index contributed by atoms with van der Waals surface area (Å²) in [5.41, 5.74) is -3.10.